The number of anilines is 1. The van der Waals surface area contributed by atoms with Crippen molar-refractivity contribution in [2.75, 3.05) is 10.8 Å². The molecule has 0 bridgehead atoms. The molecule has 0 spiro atoms. The molecule has 112 valence electrons. The molecule has 0 atom stereocenters. The second-order valence-electron chi connectivity index (χ2n) is 4.31. The van der Waals surface area contributed by atoms with Crippen LogP contribution in [-0.2, 0) is 16.6 Å². The number of aliphatic hydroxyl groups is 1. The van der Waals surface area contributed by atoms with Gasteiger partial charge in [0.05, 0.1) is 12.3 Å². The zero-order chi connectivity index (χ0) is 15.5. The minimum absolute atomic E-state index is 0.120. The number of benzene rings is 1. The predicted molar refractivity (Wildman–Crippen MR) is 76.8 cm³/mol. The topological polar surface area (TPSA) is 70.5 Å². The molecule has 1 aromatic heterocycles. The molecule has 0 aliphatic carbocycles. The Morgan fingerprint density at radius 2 is 1.86 bits per heavy atom. The van der Waals surface area contributed by atoms with Crippen LogP contribution in [0.15, 0.2) is 47.6 Å². The quantitative estimate of drug-likeness (QED) is 0.916. The fourth-order valence-corrected chi connectivity index (χ4v) is 3.26. The van der Waals surface area contributed by atoms with Crippen LogP contribution in [0.25, 0.3) is 0 Å². The Balaban J connectivity index is 2.41. The summed E-state index contributed by atoms with van der Waals surface area (Å²) in [6.45, 7) is 1.67. The first-order chi connectivity index (χ1) is 9.98. The molecule has 1 N–H and O–H groups in total. The van der Waals surface area contributed by atoms with E-state index in [1.807, 2.05) is 0 Å². The molecule has 1 heterocycles. The van der Waals surface area contributed by atoms with Crippen LogP contribution in [0.5, 0.6) is 0 Å². The van der Waals surface area contributed by atoms with Crippen molar-refractivity contribution >= 4 is 15.7 Å². The number of hydrogen-bond donors (Lipinski definition) is 1. The Morgan fingerprint density at radius 1 is 1.19 bits per heavy atom. The highest BCUT2D eigenvalue weighted by molar-refractivity contribution is 7.92. The van der Waals surface area contributed by atoms with Crippen molar-refractivity contribution in [3.63, 3.8) is 0 Å². The molecule has 0 amide bonds. The van der Waals surface area contributed by atoms with Crippen LogP contribution in [0, 0.1) is 5.82 Å². The molecule has 7 heteroatoms. The molecule has 0 saturated heterocycles. The van der Waals surface area contributed by atoms with E-state index in [0.29, 0.717) is 11.3 Å². The van der Waals surface area contributed by atoms with Gasteiger partial charge in [-0.3, -0.25) is 4.31 Å². The van der Waals surface area contributed by atoms with Crippen LogP contribution < -0.4 is 4.31 Å². The number of aromatic nitrogens is 1. The third kappa shape index (κ3) is 3.20. The second kappa shape index (κ2) is 6.19. The normalized spacial score (nSPS) is 11.4. The van der Waals surface area contributed by atoms with E-state index in [0.717, 1.165) is 4.31 Å². The number of sulfonamides is 1. The van der Waals surface area contributed by atoms with Crippen molar-refractivity contribution in [3.05, 3.63) is 54.0 Å². The number of nitrogens with zero attached hydrogens (tertiary/aromatic N) is 2. The predicted octanol–water partition coefficient (Wildman–Crippen LogP) is 1.93. The van der Waals surface area contributed by atoms with Gasteiger partial charge in [0.25, 0.3) is 10.0 Å². The van der Waals surface area contributed by atoms with Crippen LogP contribution in [0.2, 0.25) is 0 Å². The summed E-state index contributed by atoms with van der Waals surface area (Å²) >= 11 is 0. The summed E-state index contributed by atoms with van der Waals surface area (Å²) in [5, 5.41) is 8.84. The average molecular weight is 310 g/mol. The van der Waals surface area contributed by atoms with E-state index in [9.17, 15) is 12.8 Å². The molecule has 0 unspecified atom stereocenters. The van der Waals surface area contributed by atoms with Gasteiger partial charge in [0, 0.05) is 12.7 Å². The minimum Gasteiger partial charge on any atom is -0.392 e. The summed E-state index contributed by atoms with van der Waals surface area (Å²) < 4.78 is 39.2. The van der Waals surface area contributed by atoms with Gasteiger partial charge in [-0.1, -0.05) is 6.07 Å². The van der Waals surface area contributed by atoms with Crippen LogP contribution in [0.4, 0.5) is 10.1 Å². The lowest BCUT2D eigenvalue weighted by Gasteiger charge is -2.22. The van der Waals surface area contributed by atoms with Gasteiger partial charge >= 0.3 is 0 Å². The zero-order valence-corrected chi connectivity index (χ0v) is 12.2. The summed E-state index contributed by atoms with van der Waals surface area (Å²) in [6, 6.07) is 8.05. The van der Waals surface area contributed by atoms with Crippen molar-refractivity contribution < 1.29 is 17.9 Å². The van der Waals surface area contributed by atoms with Crippen molar-refractivity contribution in [2.24, 2.45) is 0 Å². The highest BCUT2D eigenvalue weighted by atomic mass is 32.2. The van der Waals surface area contributed by atoms with E-state index in [-0.39, 0.29) is 18.2 Å². The van der Waals surface area contributed by atoms with E-state index in [4.69, 9.17) is 5.11 Å². The number of rotatable bonds is 5. The fourth-order valence-electron chi connectivity index (χ4n) is 1.87. The summed E-state index contributed by atoms with van der Waals surface area (Å²) in [5.41, 5.74) is 0.894. The van der Waals surface area contributed by atoms with E-state index in [2.05, 4.69) is 4.98 Å². The maximum atomic E-state index is 13.0. The summed E-state index contributed by atoms with van der Waals surface area (Å²) in [5.74, 6) is -0.433. The lowest BCUT2D eigenvalue weighted by Crippen LogP contribution is -2.31. The summed E-state index contributed by atoms with van der Waals surface area (Å²) in [4.78, 5) is 3.87. The number of hydrogen-bond acceptors (Lipinski definition) is 4. The Bertz CT molecular complexity index is 700. The van der Waals surface area contributed by atoms with Gasteiger partial charge in [0.1, 0.15) is 5.82 Å². The Labute approximate surface area is 122 Å². The van der Waals surface area contributed by atoms with Gasteiger partial charge in [-0.2, -0.15) is 8.42 Å². The van der Waals surface area contributed by atoms with Crippen LogP contribution in [0.3, 0.4) is 0 Å². The molecule has 21 heavy (non-hydrogen) atoms. The lowest BCUT2D eigenvalue weighted by atomic mass is 10.3. The smallest absolute Gasteiger partial charge is 0.281 e. The van der Waals surface area contributed by atoms with Gasteiger partial charge < -0.3 is 5.11 Å². The van der Waals surface area contributed by atoms with Crippen LogP contribution in [0.1, 0.15) is 12.5 Å². The van der Waals surface area contributed by atoms with Crippen LogP contribution >= 0.6 is 0 Å². The maximum Gasteiger partial charge on any atom is 0.281 e. The summed E-state index contributed by atoms with van der Waals surface area (Å²) in [6.07, 6.45) is 1.31. The second-order valence-corrected chi connectivity index (χ2v) is 6.12. The van der Waals surface area contributed by atoms with E-state index >= 15 is 0 Å². The van der Waals surface area contributed by atoms with Crippen molar-refractivity contribution in [1.29, 1.82) is 0 Å². The number of pyridine rings is 1. The van der Waals surface area contributed by atoms with E-state index in [1.165, 1.54) is 42.6 Å². The number of halogens is 1. The Hall–Kier alpha value is -1.99. The molecule has 0 radical (unpaired) electrons. The van der Waals surface area contributed by atoms with E-state index < -0.39 is 15.8 Å². The maximum absolute atomic E-state index is 13.0. The molecular formula is C14H15FN2O3S. The molecule has 1 aromatic carbocycles. The molecule has 2 rings (SSSR count). The monoisotopic (exact) mass is 310 g/mol. The molecule has 0 saturated carbocycles. The third-order valence-electron chi connectivity index (χ3n) is 2.94. The first-order valence-corrected chi connectivity index (χ1v) is 7.77. The molecule has 5 nitrogen and oxygen atoms in total. The van der Waals surface area contributed by atoms with Gasteiger partial charge in [0.15, 0.2) is 5.03 Å². The van der Waals surface area contributed by atoms with Gasteiger partial charge in [-0.15, -0.1) is 0 Å². The van der Waals surface area contributed by atoms with Crippen LogP contribution in [-0.4, -0.2) is 25.1 Å². The largest absolute Gasteiger partial charge is 0.392 e. The summed E-state index contributed by atoms with van der Waals surface area (Å²) in [7, 11) is -3.82. The van der Waals surface area contributed by atoms with Gasteiger partial charge in [0.2, 0.25) is 0 Å². The van der Waals surface area contributed by atoms with Crippen molar-refractivity contribution in [3.8, 4) is 0 Å². The fraction of sp³-hybridized carbons (Fsp3) is 0.214. The first kappa shape index (κ1) is 15.4. The lowest BCUT2D eigenvalue weighted by molar-refractivity contribution is 0.281. The van der Waals surface area contributed by atoms with Crippen molar-refractivity contribution in [1.82, 2.24) is 4.98 Å². The Morgan fingerprint density at radius 3 is 2.33 bits per heavy atom. The zero-order valence-electron chi connectivity index (χ0n) is 11.4. The number of aliphatic hydroxyl groups excluding tert-OH is 1. The molecule has 0 aliphatic heterocycles. The van der Waals surface area contributed by atoms with Gasteiger partial charge in [-0.25, -0.2) is 9.37 Å². The highest BCUT2D eigenvalue weighted by Gasteiger charge is 2.24. The molecular weight excluding hydrogens is 295 g/mol. The molecule has 0 aliphatic rings. The third-order valence-corrected chi connectivity index (χ3v) is 4.76. The molecule has 0 fully saturated rings. The Kier molecular flexibility index (Phi) is 4.54. The standard InChI is InChI=1S/C14H15FN2O3S/c1-2-17(13-6-4-12(15)5-7-13)21(19,20)14-8-3-11(10-18)9-16-14/h3-9,18H,2,10H2,1H3. The average Bonchev–Trinajstić information content (AvgIpc) is 2.50. The molecule has 2 aromatic rings. The SMILES string of the molecule is CCN(c1ccc(F)cc1)S(=O)(=O)c1ccc(CO)cn1. The van der Waals surface area contributed by atoms with Crippen molar-refractivity contribution in [2.45, 2.75) is 18.6 Å². The minimum atomic E-state index is -3.82. The van der Waals surface area contributed by atoms with E-state index in [1.54, 1.807) is 6.92 Å². The first-order valence-electron chi connectivity index (χ1n) is 6.33. The highest BCUT2D eigenvalue weighted by Crippen LogP contribution is 2.22. The van der Waals surface area contributed by atoms with Gasteiger partial charge in [-0.05, 0) is 42.8 Å².